The predicted molar refractivity (Wildman–Crippen MR) is 73.4 cm³/mol. The van der Waals surface area contributed by atoms with Gasteiger partial charge in [-0.1, -0.05) is 6.07 Å². The second-order valence-electron chi connectivity index (χ2n) is 4.65. The second-order valence-corrected chi connectivity index (χ2v) is 5.87. The van der Waals surface area contributed by atoms with E-state index in [2.05, 4.69) is 27.2 Å². The molecule has 0 radical (unpaired) electrons. The number of imidazole rings is 1. The van der Waals surface area contributed by atoms with Gasteiger partial charge < -0.3 is 5.73 Å². The van der Waals surface area contributed by atoms with E-state index in [-0.39, 0.29) is 0 Å². The highest BCUT2D eigenvalue weighted by atomic mass is 32.2. The van der Waals surface area contributed by atoms with Gasteiger partial charge in [-0.05, 0) is 42.4 Å². The average Bonchev–Trinajstić information content (AvgIpc) is 2.75. The topological polar surface area (TPSA) is 43.3 Å². The Balaban J connectivity index is 1.89. The van der Waals surface area contributed by atoms with Gasteiger partial charge in [-0.2, -0.15) is 11.8 Å². The molecule has 3 rings (SSSR count). The van der Waals surface area contributed by atoms with E-state index in [0.717, 1.165) is 29.5 Å². The van der Waals surface area contributed by atoms with Gasteiger partial charge in [0.2, 0.25) is 0 Å². The van der Waals surface area contributed by atoms with Gasteiger partial charge in [-0.15, -0.1) is 0 Å². The molecule has 17 heavy (non-hydrogen) atoms. The number of nitrogens with zero attached hydrogens (tertiary/aromatic N) is 2. The van der Waals surface area contributed by atoms with Crippen molar-refractivity contribution in [3.8, 4) is 0 Å². The Hall–Kier alpha value is -1.16. The summed E-state index contributed by atoms with van der Waals surface area (Å²) < 4.78 is 2.09. The van der Waals surface area contributed by atoms with Crippen molar-refractivity contribution in [2.24, 2.45) is 5.92 Å². The van der Waals surface area contributed by atoms with E-state index in [1.54, 1.807) is 0 Å². The average molecular weight is 247 g/mol. The number of aromatic nitrogens is 2. The molecule has 0 bridgehead atoms. The summed E-state index contributed by atoms with van der Waals surface area (Å²) in [5.74, 6) is 5.28. The lowest BCUT2D eigenvalue weighted by molar-refractivity contribution is 0.476. The van der Waals surface area contributed by atoms with Crippen molar-refractivity contribution in [3.63, 3.8) is 0 Å². The van der Waals surface area contributed by atoms with Crippen LogP contribution >= 0.6 is 11.8 Å². The summed E-state index contributed by atoms with van der Waals surface area (Å²) in [6.07, 6.45) is 5.60. The number of hydrogen-bond acceptors (Lipinski definition) is 3. The molecule has 2 aromatic heterocycles. The first-order chi connectivity index (χ1) is 8.34. The van der Waals surface area contributed by atoms with Gasteiger partial charge in [0.1, 0.15) is 11.6 Å². The summed E-state index contributed by atoms with van der Waals surface area (Å²) in [5, 5.41) is 0. The van der Waals surface area contributed by atoms with E-state index in [0.29, 0.717) is 0 Å². The summed E-state index contributed by atoms with van der Waals surface area (Å²) in [7, 11) is 0. The van der Waals surface area contributed by atoms with Gasteiger partial charge in [0.15, 0.2) is 0 Å². The maximum Gasteiger partial charge on any atom is 0.115 e. The molecule has 0 amide bonds. The van der Waals surface area contributed by atoms with Crippen molar-refractivity contribution < 1.29 is 0 Å². The van der Waals surface area contributed by atoms with Gasteiger partial charge >= 0.3 is 0 Å². The number of fused-ring (bicyclic) bond motifs is 1. The maximum atomic E-state index is 6.03. The van der Waals surface area contributed by atoms with Crippen molar-refractivity contribution in [3.05, 3.63) is 30.2 Å². The van der Waals surface area contributed by atoms with Gasteiger partial charge in [0.05, 0.1) is 11.7 Å². The quantitative estimate of drug-likeness (QED) is 0.887. The van der Waals surface area contributed by atoms with E-state index in [4.69, 9.17) is 5.73 Å². The Morgan fingerprint density at radius 2 is 2.18 bits per heavy atom. The van der Waals surface area contributed by atoms with Crippen LogP contribution in [0.2, 0.25) is 0 Å². The fourth-order valence-electron chi connectivity index (χ4n) is 2.49. The van der Waals surface area contributed by atoms with Crippen LogP contribution in [0, 0.1) is 5.92 Å². The van der Waals surface area contributed by atoms with Gasteiger partial charge in [0, 0.05) is 6.42 Å². The van der Waals surface area contributed by atoms with E-state index >= 15 is 0 Å². The lowest BCUT2D eigenvalue weighted by Gasteiger charge is -2.20. The summed E-state index contributed by atoms with van der Waals surface area (Å²) in [6.45, 7) is 0. The molecule has 2 N–H and O–H groups in total. The van der Waals surface area contributed by atoms with Crippen LogP contribution in [-0.4, -0.2) is 20.9 Å². The van der Waals surface area contributed by atoms with Crippen LogP contribution < -0.4 is 5.73 Å². The number of thioether (sulfide) groups is 1. The summed E-state index contributed by atoms with van der Waals surface area (Å²) in [4.78, 5) is 4.53. The largest absolute Gasteiger partial charge is 0.385 e. The highest BCUT2D eigenvalue weighted by Gasteiger charge is 2.17. The van der Waals surface area contributed by atoms with Crippen LogP contribution in [0.4, 0.5) is 5.82 Å². The standard InChI is InChI=1S/C13H17N3S/c14-12-3-1-2-11-9-15-13(16(11)12)8-10-4-6-17-7-5-10/h1-3,9-10H,4-8,14H2. The summed E-state index contributed by atoms with van der Waals surface area (Å²) >= 11 is 2.07. The molecule has 2 aromatic rings. The first kappa shape index (κ1) is 11.0. The zero-order valence-electron chi connectivity index (χ0n) is 9.80. The van der Waals surface area contributed by atoms with Crippen molar-refractivity contribution in [1.82, 2.24) is 9.38 Å². The number of hydrogen-bond donors (Lipinski definition) is 1. The minimum Gasteiger partial charge on any atom is -0.385 e. The van der Waals surface area contributed by atoms with E-state index in [1.807, 2.05) is 18.3 Å². The number of rotatable bonds is 2. The molecule has 3 nitrogen and oxygen atoms in total. The molecule has 0 saturated carbocycles. The van der Waals surface area contributed by atoms with Gasteiger partial charge in [-0.3, -0.25) is 4.40 Å². The molecule has 1 aliphatic heterocycles. The number of pyridine rings is 1. The molecule has 4 heteroatoms. The SMILES string of the molecule is Nc1cccc2cnc(CC3CCSCC3)n12. The zero-order valence-corrected chi connectivity index (χ0v) is 10.6. The third-order valence-electron chi connectivity index (χ3n) is 3.47. The molecule has 0 aromatic carbocycles. The Morgan fingerprint density at radius 3 is 3.00 bits per heavy atom. The predicted octanol–water partition coefficient (Wildman–Crippen LogP) is 2.60. The van der Waals surface area contributed by atoms with Crippen molar-refractivity contribution in [2.75, 3.05) is 17.2 Å². The Kier molecular flexibility index (Phi) is 2.97. The molecule has 1 aliphatic rings. The van der Waals surface area contributed by atoms with E-state index in [1.165, 1.54) is 24.3 Å². The molecule has 0 atom stereocenters. The molecule has 1 fully saturated rings. The molecule has 0 spiro atoms. The fraction of sp³-hybridized carbons (Fsp3) is 0.462. The van der Waals surface area contributed by atoms with Crippen LogP contribution in [0.1, 0.15) is 18.7 Å². The van der Waals surface area contributed by atoms with Crippen LogP contribution in [0.25, 0.3) is 5.52 Å². The van der Waals surface area contributed by atoms with Crippen molar-refractivity contribution in [1.29, 1.82) is 0 Å². The number of anilines is 1. The first-order valence-electron chi connectivity index (χ1n) is 6.13. The molecule has 1 saturated heterocycles. The van der Waals surface area contributed by atoms with Gasteiger partial charge in [0.25, 0.3) is 0 Å². The monoisotopic (exact) mass is 247 g/mol. The van der Waals surface area contributed by atoms with Crippen LogP contribution in [-0.2, 0) is 6.42 Å². The second kappa shape index (κ2) is 4.61. The molecular formula is C13H17N3S. The fourth-order valence-corrected chi connectivity index (χ4v) is 3.70. The molecule has 3 heterocycles. The van der Waals surface area contributed by atoms with E-state index < -0.39 is 0 Å². The Labute approximate surface area is 105 Å². The smallest absolute Gasteiger partial charge is 0.115 e. The zero-order chi connectivity index (χ0) is 11.7. The Bertz CT molecular complexity index is 514. The van der Waals surface area contributed by atoms with Crippen LogP contribution in [0.5, 0.6) is 0 Å². The molecule has 0 aliphatic carbocycles. The summed E-state index contributed by atoms with van der Waals surface area (Å²) in [5.41, 5.74) is 7.13. The third-order valence-corrected chi connectivity index (χ3v) is 4.52. The molecular weight excluding hydrogens is 230 g/mol. The van der Waals surface area contributed by atoms with Crippen molar-refractivity contribution >= 4 is 23.1 Å². The van der Waals surface area contributed by atoms with Gasteiger partial charge in [-0.25, -0.2) is 4.98 Å². The minimum absolute atomic E-state index is 0.779. The lowest BCUT2D eigenvalue weighted by Crippen LogP contribution is -2.14. The molecule has 90 valence electrons. The highest BCUT2D eigenvalue weighted by Crippen LogP contribution is 2.26. The summed E-state index contributed by atoms with van der Waals surface area (Å²) in [6, 6.07) is 5.98. The van der Waals surface area contributed by atoms with E-state index in [9.17, 15) is 0 Å². The van der Waals surface area contributed by atoms with Crippen LogP contribution in [0.15, 0.2) is 24.4 Å². The lowest BCUT2D eigenvalue weighted by atomic mass is 9.98. The van der Waals surface area contributed by atoms with Crippen molar-refractivity contribution in [2.45, 2.75) is 19.3 Å². The number of nitrogens with two attached hydrogens (primary N) is 1. The maximum absolute atomic E-state index is 6.03. The third kappa shape index (κ3) is 2.14. The first-order valence-corrected chi connectivity index (χ1v) is 7.28. The minimum atomic E-state index is 0.779. The highest BCUT2D eigenvalue weighted by molar-refractivity contribution is 7.99. The molecule has 0 unspecified atom stereocenters. The number of nitrogen functional groups attached to an aromatic ring is 1. The Morgan fingerprint density at radius 1 is 1.35 bits per heavy atom. The van der Waals surface area contributed by atoms with Crippen LogP contribution in [0.3, 0.4) is 0 Å². The normalized spacial score (nSPS) is 17.6.